The van der Waals surface area contributed by atoms with E-state index < -0.39 is 0 Å². The number of rotatable bonds is 7. The summed E-state index contributed by atoms with van der Waals surface area (Å²) in [6, 6.07) is 40.8. The summed E-state index contributed by atoms with van der Waals surface area (Å²) in [4.78, 5) is 0. The molecule has 0 radical (unpaired) electrons. The van der Waals surface area contributed by atoms with E-state index in [1.165, 1.54) is 55.6 Å². The smallest absolute Gasteiger partial charge is 0.0295 e. The number of hydrogen-bond acceptors (Lipinski definition) is 0. The SMILES string of the molecule is C=Cc1ccc(CC2(Cc3ccc(C=C)cc3)c3ccccc3-c3ccc(-c4cc(C)ccc4C)cc32)cc1. The molecule has 39 heavy (non-hydrogen) atoms. The summed E-state index contributed by atoms with van der Waals surface area (Å²) in [5.41, 5.74) is 15.5. The fraction of sp³-hybridized carbons (Fsp3) is 0.128. The Morgan fingerprint density at radius 3 is 1.77 bits per heavy atom. The summed E-state index contributed by atoms with van der Waals surface area (Å²) in [5.74, 6) is 0. The quantitative estimate of drug-likeness (QED) is 0.208. The minimum atomic E-state index is -0.189. The van der Waals surface area contributed by atoms with Crippen molar-refractivity contribution >= 4 is 12.2 Å². The summed E-state index contributed by atoms with van der Waals surface area (Å²) in [6.45, 7) is 12.3. The summed E-state index contributed by atoms with van der Waals surface area (Å²) in [6.07, 6.45) is 5.68. The molecule has 0 saturated carbocycles. The fourth-order valence-electron chi connectivity index (χ4n) is 6.35. The lowest BCUT2D eigenvalue weighted by molar-refractivity contribution is 0.520. The zero-order chi connectivity index (χ0) is 27.0. The lowest BCUT2D eigenvalue weighted by Gasteiger charge is -2.33. The molecule has 0 N–H and O–H groups in total. The average molecular weight is 503 g/mol. The molecule has 0 aromatic heterocycles. The Labute approximate surface area is 233 Å². The van der Waals surface area contributed by atoms with Gasteiger partial charge in [-0.1, -0.05) is 134 Å². The second-order valence-corrected chi connectivity index (χ2v) is 11.0. The molecule has 0 saturated heterocycles. The Hall–Kier alpha value is -4.42. The van der Waals surface area contributed by atoms with Gasteiger partial charge < -0.3 is 0 Å². The first-order chi connectivity index (χ1) is 19.0. The van der Waals surface area contributed by atoms with E-state index >= 15 is 0 Å². The van der Waals surface area contributed by atoms with Gasteiger partial charge in [-0.2, -0.15) is 0 Å². The normalized spacial score (nSPS) is 13.0. The van der Waals surface area contributed by atoms with Crippen LogP contribution in [0.2, 0.25) is 0 Å². The highest BCUT2D eigenvalue weighted by molar-refractivity contribution is 5.85. The van der Waals surface area contributed by atoms with Crippen molar-refractivity contribution in [2.45, 2.75) is 32.1 Å². The van der Waals surface area contributed by atoms with Crippen molar-refractivity contribution < 1.29 is 0 Å². The van der Waals surface area contributed by atoms with Crippen LogP contribution >= 0.6 is 0 Å². The molecule has 0 unspecified atom stereocenters. The first-order valence-corrected chi connectivity index (χ1v) is 13.8. The molecule has 0 heterocycles. The van der Waals surface area contributed by atoms with E-state index in [1.807, 2.05) is 12.2 Å². The molecular formula is C39H34. The van der Waals surface area contributed by atoms with Crippen molar-refractivity contribution in [3.8, 4) is 22.3 Å². The van der Waals surface area contributed by atoms with Gasteiger partial charge in [-0.3, -0.25) is 0 Å². The molecule has 5 aromatic carbocycles. The minimum absolute atomic E-state index is 0.189. The second-order valence-electron chi connectivity index (χ2n) is 11.0. The largest absolute Gasteiger partial charge is 0.0985 e. The van der Waals surface area contributed by atoms with Gasteiger partial charge in [-0.15, -0.1) is 0 Å². The van der Waals surface area contributed by atoms with Crippen LogP contribution in [0.4, 0.5) is 0 Å². The molecule has 0 heteroatoms. The van der Waals surface area contributed by atoms with E-state index in [1.54, 1.807) is 0 Å². The molecular weight excluding hydrogens is 468 g/mol. The van der Waals surface area contributed by atoms with E-state index in [0.29, 0.717) is 0 Å². The van der Waals surface area contributed by atoms with Crippen LogP contribution in [0.25, 0.3) is 34.4 Å². The molecule has 0 aliphatic heterocycles. The predicted octanol–water partition coefficient (Wildman–Crippen LogP) is 10.0. The fourth-order valence-corrected chi connectivity index (χ4v) is 6.35. The van der Waals surface area contributed by atoms with Crippen LogP contribution in [0.15, 0.2) is 122 Å². The van der Waals surface area contributed by atoms with Crippen LogP contribution < -0.4 is 0 Å². The lowest BCUT2D eigenvalue weighted by atomic mass is 9.69. The van der Waals surface area contributed by atoms with E-state index in [-0.39, 0.29) is 5.41 Å². The van der Waals surface area contributed by atoms with Gasteiger partial charge in [0, 0.05) is 5.41 Å². The van der Waals surface area contributed by atoms with Crippen molar-refractivity contribution in [1.29, 1.82) is 0 Å². The third kappa shape index (κ3) is 4.47. The molecule has 0 spiro atoms. The monoisotopic (exact) mass is 502 g/mol. The van der Waals surface area contributed by atoms with Gasteiger partial charge in [0.15, 0.2) is 0 Å². The molecule has 190 valence electrons. The van der Waals surface area contributed by atoms with Gasteiger partial charge in [-0.05, 0) is 94.0 Å². The molecule has 0 bridgehead atoms. The average Bonchev–Trinajstić information content (AvgIpc) is 3.24. The Kier molecular flexibility index (Phi) is 6.41. The van der Waals surface area contributed by atoms with Crippen LogP contribution in [-0.4, -0.2) is 0 Å². The van der Waals surface area contributed by atoms with Crippen LogP contribution in [-0.2, 0) is 18.3 Å². The minimum Gasteiger partial charge on any atom is -0.0985 e. The number of benzene rings is 5. The van der Waals surface area contributed by atoms with E-state index in [9.17, 15) is 0 Å². The third-order valence-corrected chi connectivity index (χ3v) is 8.41. The molecule has 0 nitrogen and oxygen atoms in total. The van der Waals surface area contributed by atoms with Gasteiger partial charge in [0.2, 0.25) is 0 Å². The van der Waals surface area contributed by atoms with E-state index in [2.05, 4.69) is 136 Å². The molecule has 0 amide bonds. The Morgan fingerprint density at radius 2 is 1.15 bits per heavy atom. The molecule has 0 fully saturated rings. The van der Waals surface area contributed by atoms with E-state index in [4.69, 9.17) is 0 Å². The lowest BCUT2D eigenvalue weighted by Crippen LogP contribution is -2.31. The zero-order valence-electron chi connectivity index (χ0n) is 22.9. The van der Waals surface area contributed by atoms with Crippen molar-refractivity contribution in [2.24, 2.45) is 0 Å². The first kappa shape index (κ1) is 24.9. The van der Waals surface area contributed by atoms with Gasteiger partial charge in [0.25, 0.3) is 0 Å². The molecule has 0 atom stereocenters. The van der Waals surface area contributed by atoms with Crippen LogP contribution in [0.5, 0.6) is 0 Å². The molecule has 5 aromatic rings. The maximum Gasteiger partial charge on any atom is 0.0295 e. The summed E-state index contributed by atoms with van der Waals surface area (Å²) in [7, 11) is 0. The third-order valence-electron chi connectivity index (χ3n) is 8.41. The summed E-state index contributed by atoms with van der Waals surface area (Å²) in [5, 5.41) is 0. The maximum atomic E-state index is 3.95. The predicted molar refractivity (Wildman–Crippen MR) is 168 cm³/mol. The van der Waals surface area contributed by atoms with Crippen molar-refractivity contribution in [2.75, 3.05) is 0 Å². The van der Waals surface area contributed by atoms with Crippen molar-refractivity contribution in [3.63, 3.8) is 0 Å². The maximum absolute atomic E-state index is 3.95. The number of aryl methyl sites for hydroxylation is 2. The number of hydrogen-bond donors (Lipinski definition) is 0. The van der Waals surface area contributed by atoms with Crippen LogP contribution in [0, 0.1) is 13.8 Å². The standard InChI is InChI=1S/C39H34/c1-5-29-13-17-31(18-14-29)25-39(26-32-19-15-30(6-2)16-20-32)37-10-8-7-9-34(37)35-22-21-33(24-38(35)39)36-23-27(3)11-12-28(36)4/h5-24H,1-2,25-26H2,3-4H3. The van der Waals surface area contributed by atoms with Gasteiger partial charge >= 0.3 is 0 Å². The highest BCUT2D eigenvalue weighted by Gasteiger charge is 2.43. The van der Waals surface area contributed by atoms with Gasteiger partial charge in [0.05, 0.1) is 0 Å². The Balaban J connectivity index is 1.58. The van der Waals surface area contributed by atoms with Crippen molar-refractivity contribution in [3.05, 3.63) is 167 Å². The van der Waals surface area contributed by atoms with Crippen LogP contribution in [0.3, 0.4) is 0 Å². The Bertz CT molecular complexity index is 1630. The summed E-state index contributed by atoms with van der Waals surface area (Å²) >= 11 is 0. The number of fused-ring (bicyclic) bond motifs is 3. The molecule has 1 aliphatic carbocycles. The topological polar surface area (TPSA) is 0 Å². The van der Waals surface area contributed by atoms with Gasteiger partial charge in [-0.25, -0.2) is 0 Å². The van der Waals surface area contributed by atoms with Crippen molar-refractivity contribution in [1.82, 2.24) is 0 Å². The Morgan fingerprint density at radius 1 is 0.564 bits per heavy atom. The first-order valence-electron chi connectivity index (χ1n) is 13.8. The molecule has 1 aliphatic rings. The van der Waals surface area contributed by atoms with E-state index in [0.717, 1.165) is 24.0 Å². The second kappa shape index (κ2) is 10.0. The highest BCUT2D eigenvalue weighted by atomic mass is 14.5. The summed E-state index contributed by atoms with van der Waals surface area (Å²) < 4.78 is 0. The molecule has 6 rings (SSSR count). The van der Waals surface area contributed by atoms with Crippen LogP contribution in [0.1, 0.15) is 44.5 Å². The highest BCUT2D eigenvalue weighted by Crippen LogP contribution is 2.53. The zero-order valence-corrected chi connectivity index (χ0v) is 22.9. The van der Waals surface area contributed by atoms with Gasteiger partial charge in [0.1, 0.15) is 0 Å².